The Hall–Kier alpha value is -1.55. The molecule has 0 aromatic carbocycles. The van der Waals surface area contributed by atoms with E-state index in [0.717, 1.165) is 13.3 Å². The van der Waals surface area contributed by atoms with E-state index in [-0.39, 0.29) is 12.9 Å². The number of carboxylic acids is 1. The lowest BCUT2D eigenvalue weighted by Crippen LogP contribution is -2.65. The molecule has 0 aromatic heterocycles. The van der Waals surface area contributed by atoms with Gasteiger partial charge in [0.05, 0.1) is 19.4 Å². The van der Waals surface area contributed by atoms with Crippen LogP contribution in [0.3, 0.4) is 0 Å². The topological polar surface area (TPSA) is 175 Å². The highest BCUT2D eigenvalue weighted by molar-refractivity contribution is 5.79. The molecule has 0 bridgehead atoms. The molecule has 1 fully saturated rings. The number of rotatable bonds is 14. The number of carbonyl (C=O) groups is 2. The Balaban J connectivity index is 3.14. The summed E-state index contributed by atoms with van der Waals surface area (Å²) >= 11 is 0. The highest BCUT2D eigenvalue weighted by atomic mass is 16.7. The van der Waals surface area contributed by atoms with Gasteiger partial charge in [-0.05, 0) is 6.92 Å². The van der Waals surface area contributed by atoms with Crippen molar-refractivity contribution < 1.29 is 53.4 Å². The lowest BCUT2D eigenvalue weighted by atomic mass is 9.97. The predicted octanol–water partition coefficient (Wildman–Crippen LogP) is -2.28. The minimum Gasteiger partial charge on any atom is -0.479 e. The van der Waals surface area contributed by atoms with Crippen molar-refractivity contribution in [3.63, 3.8) is 0 Å². The maximum Gasteiger partial charge on any atom is 0.336 e. The molecule has 8 unspecified atom stereocenters. The zero-order valence-electron chi connectivity index (χ0n) is 17.2. The van der Waals surface area contributed by atoms with Crippen molar-refractivity contribution in [2.24, 2.45) is 4.99 Å². The van der Waals surface area contributed by atoms with Crippen molar-refractivity contribution in [1.82, 2.24) is 5.48 Å². The molecule has 1 aliphatic rings. The molecule has 13 heteroatoms. The Bertz CT molecular complexity index is 550. The van der Waals surface area contributed by atoms with Gasteiger partial charge in [-0.15, -0.1) is 0 Å². The van der Waals surface area contributed by atoms with E-state index in [1.165, 1.54) is 14.2 Å². The summed E-state index contributed by atoms with van der Waals surface area (Å²) in [6.45, 7) is 1.45. The Labute approximate surface area is 173 Å². The van der Waals surface area contributed by atoms with Gasteiger partial charge in [-0.2, -0.15) is 5.48 Å². The zero-order chi connectivity index (χ0) is 22.7. The maximum atomic E-state index is 11.5. The van der Waals surface area contributed by atoms with Crippen molar-refractivity contribution in [2.75, 3.05) is 34.5 Å². The molecule has 0 aromatic rings. The minimum absolute atomic E-state index is 0.269. The number of hydroxylamine groups is 1. The number of aliphatic imine (C=N–C) groups is 1. The summed E-state index contributed by atoms with van der Waals surface area (Å²) in [6.07, 6.45) is -7.67. The number of nitrogens with zero attached hydrogens (tertiary/aromatic N) is 1. The average Bonchev–Trinajstić information content (AvgIpc) is 2.73. The van der Waals surface area contributed by atoms with Crippen molar-refractivity contribution in [3.8, 4) is 0 Å². The number of hydrogen-bond acceptors (Lipinski definition) is 12. The number of methoxy groups -OCH3 is 2. The number of aliphatic hydroxyl groups is 2. The van der Waals surface area contributed by atoms with Crippen LogP contribution < -0.4 is 5.48 Å². The quantitative estimate of drug-likeness (QED) is 0.0991. The number of aldehydes is 1. The first kappa shape index (κ1) is 26.5. The maximum absolute atomic E-state index is 11.5. The lowest BCUT2D eigenvalue weighted by molar-refractivity contribution is -0.302. The van der Waals surface area contributed by atoms with Gasteiger partial charge in [0.2, 0.25) is 0 Å². The van der Waals surface area contributed by atoms with Gasteiger partial charge in [0, 0.05) is 21.3 Å². The second kappa shape index (κ2) is 13.7. The van der Waals surface area contributed by atoms with Gasteiger partial charge in [-0.3, -0.25) is 4.99 Å². The second-order valence-corrected chi connectivity index (χ2v) is 6.14. The van der Waals surface area contributed by atoms with E-state index in [1.54, 1.807) is 6.92 Å². The molecular weight excluding hydrogens is 408 g/mol. The third-order valence-corrected chi connectivity index (χ3v) is 4.24. The van der Waals surface area contributed by atoms with Crippen LogP contribution >= 0.6 is 0 Å². The number of nitrogens with one attached hydrogen (secondary N) is 1. The molecule has 0 amide bonds. The number of ether oxygens (including phenoxy) is 5. The van der Waals surface area contributed by atoms with Crippen LogP contribution in [0.1, 0.15) is 6.92 Å². The van der Waals surface area contributed by atoms with Crippen molar-refractivity contribution in [1.29, 1.82) is 0 Å². The SMILES string of the molecule is CCONC1C(OC)OC(CO)C(O)C1OC(/C=N/C)OC(C(=O)O)C(C=O)OC. The number of carbonyl (C=O) groups excluding carboxylic acids is 1. The molecule has 0 spiro atoms. The number of hydrogen-bond donors (Lipinski definition) is 4. The van der Waals surface area contributed by atoms with E-state index >= 15 is 0 Å². The minimum atomic E-state index is -1.71. The fourth-order valence-corrected chi connectivity index (χ4v) is 2.79. The van der Waals surface area contributed by atoms with Crippen LogP contribution in [0, 0.1) is 0 Å². The summed E-state index contributed by atoms with van der Waals surface area (Å²) in [4.78, 5) is 31.6. The zero-order valence-corrected chi connectivity index (χ0v) is 17.2. The van der Waals surface area contributed by atoms with Gasteiger partial charge in [-0.25, -0.2) is 4.79 Å². The van der Waals surface area contributed by atoms with E-state index in [1.807, 2.05) is 0 Å². The highest BCUT2D eigenvalue weighted by Gasteiger charge is 2.48. The van der Waals surface area contributed by atoms with E-state index in [4.69, 9.17) is 28.5 Å². The number of carboxylic acid groups (broad SMARTS) is 1. The Morgan fingerprint density at radius 3 is 2.53 bits per heavy atom. The lowest BCUT2D eigenvalue weighted by Gasteiger charge is -2.44. The van der Waals surface area contributed by atoms with E-state index in [9.17, 15) is 24.9 Å². The molecule has 0 radical (unpaired) electrons. The molecule has 174 valence electrons. The standard InChI is InChI=1S/C17H30N2O11/c1-5-27-19-12-15(13(22)9(7-20)28-17(12)26-4)30-11(6-18-2)29-14(16(23)24)10(8-21)25-3/h6,8-15,17,19-20,22H,5,7H2,1-4H3,(H,23,24)/b18-6+. The molecule has 8 atom stereocenters. The molecule has 4 N–H and O–H groups in total. The average molecular weight is 438 g/mol. The Morgan fingerprint density at radius 1 is 1.37 bits per heavy atom. The third kappa shape index (κ3) is 7.01. The van der Waals surface area contributed by atoms with Crippen molar-refractivity contribution >= 4 is 18.5 Å². The van der Waals surface area contributed by atoms with Gasteiger partial charge < -0.3 is 48.6 Å². The second-order valence-electron chi connectivity index (χ2n) is 6.14. The molecule has 0 saturated carbocycles. The Morgan fingerprint density at radius 2 is 2.07 bits per heavy atom. The van der Waals surface area contributed by atoms with Crippen LogP contribution in [0.2, 0.25) is 0 Å². The van der Waals surface area contributed by atoms with Gasteiger partial charge in [0.25, 0.3) is 0 Å². The van der Waals surface area contributed by atoms with Gasteiger partial charge in [-0.1, -0.05) is 0 Å². The van der Waals surface area contributed by atoms with Gasteiger partial charge in [0.15, 0.2) is 25.0 Å². The van der Waals surface area contributed by atoms with Crippen LogP contribution in [0.4, 0.5) is 0 Å². The largest absolute Gasteiger partial charge is 0.479 e. The molecule has 1 heterocycles. The molecule has 1 rings (SSSR count). The third-order valence-electron chi connectivity index (χ3n) is 4.24. The predicted molar refractivity (Wildman–Crippen MR) is 99.8 cm³/mol. The van der Waals surface area contributed by atoms with Gasteiger partial charge in [0.1, 0.15) is 30.5 Å². The number of aliphatic hydroxyl groups excluding tert-OH is 2. The van der Waals surface area contributed by atoms with Crippen LogP contribution in [0.25, 0.3) is 0 Å². The molecule has 1 saturated heterocycles. The highest BCUT2D eigenvalue weighted by Crippen LogP contribution is 2.25. The molecule has 13 nitrogen and oxygen atoms in total. The van der Waals surface area contributed by atoms with Crippen LogP contribution in [-0.4, -0.2) is 117 Å². The summed E-state index contributed by atoms with van der Waals surface area (Å²) in [5.74, 6) is -1.47. The van der Waals surface area contributed by atoms with Gasteiger partial charge >= 0.3 is 5.97 Å². The van der Waals surface area contributed by atoms with E-state index in [2.05, 4.69) is 10.5 Å². The normalized spacial score (nSPS) is 30.1. The molecule has 30 heavy (non-hydrogen) atoms. The van der Waals surface area contributed by atoms with Crippen molar-refractivity contribution in [2.45, 2.75) is 56.1 Å². The summed E-state index contributed by atoms with van der Waals surface area (Å²) in [7, 11) is 3.90. The number of aliphatic carboxylic acids is 1. The summed E-state index contributed by atoms with van der Waals surface area (Å²) in [6, 6.07) is -0.892. The first-order valence-electron chi connectivity index (χ1n) is 9.16. The Kier molecular flexibility index (Phi) is 12.1. The summed E-state index contributed by atoms with van der Waals surface area (Å²) < 4.78 is 26.7. The summed E-state index contributed by atoms with van der Waals surface area (Å²) in [5.41, 5.74) is 2.65. The van der Waals surface area contributed by atoms with Crippen LogP contribution in [0.5, 0.6) is 0 Å². The fraction of sp³-hybridized carbons (Fsp3) is 0.824. The molecular formula is C17H30N2O11. The monoisotopic (exact) mass is 438 g/mol. The fourth-order valence-electron chi connectivity index (χ4n) is 2.79. The van der Waals surface area contributed by atoms with E-state index < -0.39 is 61.7 Å². The van der Waals surface area contributed by atoms with Crippen LogP contribution in [-0.2, 0) is 38.1 Å². The summed E-state index contributed by atoms with van der Waals surface area (Å²) in [5, 5.41) is 29.5. The van der Waals surface area contributed by atoms with Crippen molar-refractivity contribution in [3.05, 3.63) is 0 Å². The first-order valence-corrected chi connectivity index (χ1v) is 9.16. The first-order chi connectivity index (χ1) is 14.4. The smallest absolute Gasteiger partial charge is 0.336 e. The molecule has 1 aliphatic heterocycles. The van der Waals surface area contributed by atoms with E-state index in [0.29, 0.717) is 0 Å². The molecule has 0 aliphatic carbocycles. The van der Waals surface area contributed by atoms with Crippen LogP contribution in [0.15, 0.2) is 4.99 Å².